The van der Waals surface area contributed by atoms with Crippen molar-refractivity contribution in [3.8, 4) is 0 Å². The van der Waals surface area contributed by atoms with E-state index in [1.54, 1.807) is 30.3 Å². The van der Waals surface area contributed by atoms with Crippen LogP contribution in [0, 0.1) is 17.2 Å². The number of amides is 4. The molecular formula is C27H30FN3O5. The molecule has 190 valence electrons. The molecular weight excluding hydrogens is 465 g/mol. The number of hydrogen-bond acceptors (Lipinski definition) is 5. The molecule has 3 unspecified atom stereocenters. The van der Waals surface area contributed by atoms with Gasteiger partial charge in [0.05, 0.1) is 0 Å². The van der Waals surface area contributed by atoms with Crippen LogP contribution >= 0.6 is 0 Å². The van der Waals surface area contributed by atoms with E-state index in [2.05, 4.69) is 24.5 Å². The van der Waals surface area contributed by atoms with E-state index in [0.717, 1.165) is 11.3 Å². The highest BCUT2D eigenvalue weighted by molar-refractivity contribution is 6.09. The van der Waals surface area contributed by atoms with Gasteiger partial charge in [-0.15, -0.1) is 0 Å². The van der Waals surface area contributed by atoms with Crippen molar-refractivity contribution in [3.05, 3.63) is 66.0 Å². The summed E-state index contributed by atoms with van der Waals surface area (Å²) in [4.78, 5) is 52.9. The predicted octanol–water partition coefficient (Wildman–Crippen LogP) is 4.19. The molecule has 0 bridgehead atoms. The average Bonchev–Trinajstić information content (AvgIpc) is 3.01. The van der Waals surface area contributed by atoms with Crippen LogP contribution in [0.2, 0.25) is 0 Å². The van der Waals surface area contributed by atoms with E-state index in [1.807, 2.05) is 6.92 Å². The zero-order valence-corrected chi connectivity index (χ0v) is 20.5. The van der Waals surface area contributed by atoms with Gasteiger partial charge in [0, 0.05) is 11.3 Å². The molecule has 4 rings (SSSR count). The number of hydrogen-bond donors (Lipinski definition) is 2. The Morgan fingerprint density at radius 3 is 2.42 bits per heavy atom. The first-order chi connectivity index (χ1) is 17.0. The second-order valence-corrected chi connectivity index (χ2v) is 10.5. The number of halogens is 1. The summed E-state index contributed by atoms with van der Waals surface area (Å²) in [5, 5.41) is 5.43. The maximum atomic E-state index is 13.3. The van der Waals surface area contributed by atoms with E-state index in [9.17, 15) is 23.6 Å². The van der Waals surface area contributed by atoms with Crippen LogP contribution in [0.25, 0.3) is 0 Å². The zero-order valence-electron chi connectivity index (χ0n) is 20.5. The molecule has 1 aliphatic heterocycles. The molecule has 2 fully saturated rings. The van der Waals surface area contributed by atoms with Crippen LogP contribution in [-0.4, -0.2) is 40.8 Å². The molecule has 4 amide bonds. The third-order valence-corrected chi connectivity index (χ3v) is 6.61. The molecule has 0 aromatic heterocycles. The SMILES string of the molecule is CC1CC(C)(C)CC2(C1)NC(=O)N(CC(=O)OC(C(=O)Nc1ccc(F)cc1)c1ccccc1)C2=O. The molecule has 1 saturated carbocycles. The summed E-state index contributed by atoms with van der Waals surface area (Å²) in [6, 6.07) is 12.9. The number of nitrogens with zero attached hydrogens (tertiary/aromatic N) is 1. The molecule has 3 atom stereocenters. The highest BCUT2D eigenvalue weighted by Crippen LogP contribution is 2.46. The average molecular weight is 496 g/mol. The minimum atomic E-state index is -1.34. The standard InChI is InChI=1S/C27H30FN3O5/c1-17-13-26(2,3)16-27(14-17)24(34)31(25(35)30-27)15-21(32)36-22(18-7-5-4-6-8-18)23(33)29-20-11-9-19(28)10-12-20/h4-12,17,22H,13-16H2,1-3H3,(H,29,33)(H,30,35). The van der Waals surface area contributed by atoms with Crippen LogP contribution in [0.1, 0.15) is 51.7 Å². The molecule has 9 heteroatoms. The van der Waals surface area contributed by atoms with Crippen molar-refractivity contribution in [3.63, 3.8) is 0 Å². The molecule has 0 radical (unpaired) electrons. The fourth-order valence-electron chi connectivity index (χ4n) is 5.59. The van der Waals surface area contributed by atoms with Crippen molar-refractivity contribution >= 4 is 29.5 Å². The first kappa shape index (κ1) is 25.3. The summed E-state index contributed by atoms with van der Waals surface area (Å²) in [7, 11) is 0. The number of carbonyl (C=O) groups is 4. The Hall–Kier alpha value is -3.75. The maximum absolute atomic E-state index is 13.3. The number of rotatable bonds is 6. The molecule has 8 nitrogen and oxygen atoms in total. The van der Waals surface area contributed by atoms with Crippen LogP contribution in [0.4, 0.5) is 14.9 Å². The van der Waals surface area contributed by atoms with E-state index in [4.69, 9.17) is 4.74 Å². The van der Waals surface area contributed by atoms with Crippen molar-refractivity contribution in [2.75, 3.05) is 11.9 Å². The van der Waals surface area contributed by atoms with Crippen molar-refractivity contribution in [1.29, 1.82) is 0 Å². The number of imide groups is 1. The van der Waals surface area contributed by atoms with Crippen molar-refractivity contribution < 1.29 is 28.3 Å². The Kier molecular flexibility index (Phi) is 6.84. The van der Waals surface area contributed by atoms with Crippen molar-refractivity contribution in [1.82, 2.24) is 10.2 Å². The second-order valence-electron chi connectivity index (χ2n) is 10.5. The number of anilines is 1. The van der Waals surface area contributed by atoms with E-state index in [0.29, 0.717) is 24.1 Å². The molecule has 2 aromatic rings. The van der Waals surface area contributed by atoms with Crippen LogP contribution in [0.15, 0.2) is 54.6 Å². The molecule has 2 aliphatic rings. The number of nitrogens with one attached hydrogen (secondary N) is 2. The van der Waals surface area contributed by atoms with E-state index >= 15 is 0 Å². The summed E-state index contributed by atoms with van der Waals surface area (Å²) in [5.41, 5.74) is -0.462. The maximum Gasteiger partial charge on any atom is 0.327 e. The van der Waals surface area contributed by atoms with Gasteiger partial charge in [-0.2, -0.15) is 0 Å². The van der Waals surface area contributed by atoms with Gasteiger partial charge in [-0.3, -0.25) is 19.3 Å². The highest BCUT2D eigenvalue weighted by Gasteiger charge is 2.56. The zero-order chi connectivity index (χ0) is 26.1. The normalized spacial score (nSPS) is 23.8. The Morgan fingerprint density at radius 1 is 1.11 bits per heavy atom. The fraction of sp³-hybridized carbons (Fsp3) is 0.407. The Bertz CT molecular complexity index is 1170. The first-order valence-corrected chi connectivity index (χ1v) is 11.9. The van der Waals surface area contributed by atoms with Gasteiger partial charge in [-0.25, -0.2) is 9.18 Å². The van der Waals surface area contributed by atoms with Gasteiger partial charge in [0.2, 0.25) is 6.10 Å². The van der Waals surface area contributed by atoms with Crippen LogP contribution in [-0.2, 0) is 19.1 Å². The number of urea groups is 1. The van der Waals surface area contributed by atoms with E-state index < -0.39 is 47.8 Å². The number of benzene rings is 2. The van der Waals surface area contributed by atoms with Gasteiger partial charge in [0.1, 0.15) is 17.9 Å². The van der Waals surface area contributed by atoms with E-state index in [-0.39, 0.29) is 11.3 Å². The van der Waals surface area contributed by atoms with Crippen LogP contribution in [0.3, 0.4) is 0 Å². The summed E-state index contributed by atoms with van der Waals surface area (Å²) in [5.74, 6) is -2.24. The summed E-state index contributed by atoms with van der Waals surface area (Å²) >= 11 is 0. The highest BCUT2D eigenvalue weighted by atomic mass is 19.1. The lowest BCUT2D eigenvalue weighted by molar-refractivity contribution is -0.157. The summed E-state index contributed by atoms with van der Waals surface area (Å²) < 4.78 is 18.7. The molecule has 1 spiro atoms. The van der Waals surface area contributed by atoms with Crippen molar-refractivity contribution in [2.24, 2.45) is 11.3 Å². The van der Waals surface area contributed by atoms with Gasteiger partial charge < -0.3 is 15.4 Å². The lowest BCUT2D eigenvalue weighted by Gasteiger charge is -2.43. The van der Waals surface area contributed by atoms with Crippen LogP contribution < -0.4 is 10.6 Å². The molecule has 36 heavy (non-hydrogen) atoms. The summed E-state index contributed by atoms with van der Waals surface area (Å²) in [6.45, 7) is 5.55. The number of ether oxygens (including phenoxy) is 1. The minimum absolute atomic E-state index is 0.145. The van der Waals surface area contributed by atoms with Crippen LogP contribution in [0.5, 0.6) is 0 Å². The fourth-order valence-corrected chi connectivity index (χ4v) is 5.59. The Labute approximate surface area is 209 Å². The third-order valence-electron chi connectivity index (χ3n) is 6.61. The molecule has 1 aliphatic carbocycles. The topological polar surface area (TPSA) is 105 Å². The van der Waals surface area contributed by atoms with Gasteiger partial charge in [0.25, 0.3) is 11.8 Å². The van der Waals surface area contributed by atoms with Gasteiger partial charge in [-0.05, 0) is 54.9 Å². The number of esters is 1. The van der Waals surface area contributed by atoms with E-state index in [1.165, 1.54) is 24.3 Å². The smallest absolute Gasteiger partial charge is 0.327 e. The molecule has 2 N–H and O–H groups in total. The minimum Gasteiger partial charge on any atom is -0.446 e. The molecule has 2 aromatic carbocycles. The van der Waals surface area contributed by atoms with Gasteiger partial charge >= 0.3 is 12.0 Å². The summed E-state index contributed by atoms with van der Waals surface area (Å²) in [6.07, 6.45) is 0.570. The Morgan fingerprint density at radius 2 is 1.78 bits per heavy atom. The second kappa shape index (κ2) is 9.72. The van der Waals surface area contributed by atoms with Crippen molar-refractivity contribution in [2.45, 2.75) is 51.7 Å². The third kappa shape index (κ3) is 5.40. The van der Waals surface area contributed by atoms with Gasteiger partial charge in [0.15, 0.2) is 0 Å². The molecule has 1 saturated heterocycles. The number of carbonyl (C=O) groups excluding carboxylic acids is 4. The van der Waals surface area contributed by atoms with Gasteiger partial charge in [-0.1, -0.05) is 51.1 Å². The lowest BCUT2D eigenvalue weighted by atomic mass is 9.64. The quantitative estimate of drug-likeness (QED) is 0.462. The first-order valence-electron chi connectivity index (χ1n) is 11.9. The Balaban J connectivity index is 1.49. The predicted molar refractivity (Wildman–Crippen MR) is 130 cm³/mol. The lowest BCUT2D eigenvalue weighted by Crippen LogP contribution is -2.54. The molecule has 1 heterocycles. The largest absolute Gasteiger partial charge is 0.446 e. The monoisotopic (exact) mass is 495 g/mol.